The predicted octanol–water partition coefficient (Wildman–Crippen LogP) is 1.70. The maximum absolute atomic E-state index is 12.4. The number of nitrogens with one attached hydrogen (secondary N) is 2. The van der Waals surface area contributed by atoms with E-state index in [1.54, 1.807) is 19.1 Å². The Balaban J connectivity index is 1.79. The summed E-state index contributed by atoms with van der Waals surface area (Å²) in [7, 11) is -3.73. The molecule has 0 saturated carbocycles. The van der Waals surface area contributed by atoms with E-state index in [9.17, 15) is 13.2 Å². The molecule has 0 aliphatic carbocycles. The minimum Gasteiger partial charge on any atom is -0.344 e. The van der Waals surface area contributed by atoms with Crippen molar-refractivity contribution in [1.82, 2.24) is 15.5 Å². The Kier molecular flexibility index (Phi) is 4.08. The van der Waals surface area contributed by atoms with Crippen molar-refractivity contribution < 1.29 is 13.2 Å². The van der Waals surface area contributed by atoms with E-state index >= 15 is 0 Å². The number of carbonyl (C=O) groups excluding carboxylic acids is 1. The van der Waals surface area contributed by atoms with Gasteiger partial charge in [0.2, 0.25) is 10.0 Å². The highest BCUT2D eigenvalue weighted by Crippen LogP contribution is 2.18. The fourth-order valence-corrected chi connectivity index (χ4v) is 2.95. The molecule has 0 aliphatic heterocycles. The third-order valence-electron chi connectivity index (χ3n) is 3.74. The lowest BCUT2D eigenvalue weighted by molar-refractivity contribution is 0.0936. The average molecular weight is 344 g/mol. The van der Waals surface area contributed by atoms with Gasteiger partial charge >= 0.3 is 0 Å². The molecular weight excluding hydrogens is 328 g/mol. The van der Waals surface area contributed by atoms with Crippen LogP contribution in [0.2, 0.25) is 0 Å². The molecule has 0 spiro atoms. The number of hydrogen-bond donors (Lipinski definition) is 3. The van der Waals surface area contributed by atoms with Crippen molar-refractivity contribution in [3.63, 3.8) is 0 Å². The van der Waals surface area contributed by atoms with E-state index in [2.05, 4.69) is 15.5 Å². The first kappa shape index (κ1) is 16.2. The third-order valence-corrected chi connectivity index (χ3v) is 4.67. The van der Waals surface area contributed by atoms with Crippen molar-refractivity contribution in [3.05, 3.63) is 59.8 Å². The summed E-state index contributed by atoms with van der Waals surface area (Å²) in [4.78, 5) is 12.5. The standard InChI is InChI=1S/C16H16N4O3S/c1-10(11-6-8-12(9-7-11)24(17,22)23)18-16(21)15-13-4-2-3-5-14(13)19-20-15/h2-10H,1H3,(H,18,21)(H,19,20)(H2,17,22,23)/t10-/m1/s1. The Morgan fingerprint density at radius 2 is 1.83 bits per heavy atom. The summed E-state index contributed by atoms with van der Waals surface area (Å²) in [6, 6.07) is 13.1. The Morgan fingerprint density at radius 1 is 1.17 bits per heavy atom. The number of amides is 1. The number of rotatable bonds is 4. The molecule has 0 aliphatic rings. The molecule has 1 heterocycles. The SMILES string of the molecule is C[C@@H](NC(=O)c1n[nH]c2ccccc12)c1ccc(S(N)(=O)=O)cc1. The van der Waals surface area contributed by atoms with E-state index in [0.29, 0.717) is 5.69 Å². The molecule has 1 aromatic heterocycles. The first-order valence-electron chi connectivity index (χ1n) is 7.23. The molecule has 4 N–H and O–H groups in total. The summed E-state index contributed by atoms with van der Waals surface area (Å²) >= 11 is 0. The topological polar surface area (TPSA) is 118 Å². The molecular formula is C16H16N4O3S. The maximum Gasteiger partial charge on any atom is 0.272 e. The van der Waals surface area contributed by atoms with Crippen LogP contribution >= 0.6 is 0 Å². The predicted molar refractivity (Wildman–Crippen MR) is 89.8 cm³/mol. The maximum atomic E-state index is 12.4. The summed E-state index contributed by atoms with van der Waals surface area (Å²) in [6.45, 7) is 1.80. The van der Waals surface area contributed by atoms with Crippen LogP contribution in [-0.2, 0) is 10.0 Å². The Labute approximate surface area is 138 Å². The van der Waals surface area contributed by atoms with Crippen LogP contribution in [-0.4, -0.2) is 24.5 Å². The monoisotopic (exact) mass is 344 g/mol. The number of nitrogens with zero attached hydrogens (tertiary/aromatic N) is 1. The molecule has 1 atom stereocenters. The van der Waals surface area contributed by atoms with Gasteiger partial charge in [0.25, 0.3) is 5.91 Å². The zero-order chi connectivity index (χ0) is 17.3. The largest absolute Gasteiger partial charge is 0.344 e. The molecule has 3 rings (SSSR count). The van der Waals surface area contributed by atoms with E-state index in [4.69, 9.17) is 5.14 Å². The number of hydrogen-bond acceptors (Lipinski definition) is 4. The van der Waals surface area contributed by atoms with Crippen molar-refractivity contribution in [2.45, 2.75) is 17.9 Å². The van der Waals surface area contributed by atoms with Gasteiger partial charge < -0.3 is 5.32 Å². The zero-order valence-corrected chi connectivity index (χ0v) is 13.7. The number of aromatic amines is 1. The molecule has 0 bridgehead atoms. The lowest BCUT2D eigenvalue weighted by Crippen LogP contribution is -2.27. The first-order valence-corrected chi connectivity index (χ1v) is 8.77. The third kappa shape index (κ3) is 3.15. The fraction of sp³-hybridized carbons (Fsp3) is 0.125. The molecule has 8 heteroatoms. The van der Waals surface area contributed by atoms with Crippen LogP contribution in [0.4, 0.5) is 0 Å². The lowest BCUT2D eigenvalue weighted by atomic mass is 10.1. The molecule has 0 saturated heterocycles. The van der Waals surface area contributed by atoms with Gasteiger partial charge in [0.1, 0.15) is 0 Å². The number of carbonyl (C=O) groups is 1. The van der Waals surface area contributed by atoms with Crippen LogP contribution in [0.1, 0.15) is 29.0 Å². The normalized spacial score (nSPS) is 12.9. The Hall–Kier alpha value is -2.71. The number of fused-ring (bicyclic) bond motifs is 1. The Bertz CT molecular complexity index is 994. The van der Waals surface area contributed by atoms with Crippen LogP contribution in [0, 0.1) is 0 Å². The zero-order valence-electron chi connectivity index (χ0n) is 12.9. The molecule has 0 unspecified atom stereocenters. The van der Waals surface area contributed by atoms with Crippen LogP contribution in [0.3, 0.4) is 0 Å². The molecule has 0 fully saturated rings. The smallest absolute Gasteiger partial charge is 0.272 e. The summed E-state index contributed by atoms with van der Waals surface area (Å²) in [6.07, 6.45) is 0. The molecule has 2 aromatic carbocycles. The summed E-state index contributed by atoms with van der Waals surface area (Å²) < 4.78 is 22.5. The van der Waals surface area contributed by atoms with Crippen LogP contribution < -0.4 is 10.5 Å². The van der Waals surface area contributed by atoms with Gasteiger partial charge in [-0.3, -0.25) is 9.89 Å². The second kappa shape index (κ2) is 6.06. The van der Waals surface area contributed by atoms with E-state index < -0.39 is 10.0 Å². The molecule has 3 aromatic rings. The number of para-hydroxylation sites is 1. The van der Waals surface area contributed by atoms with E-state index in [0.717, 1.165) is 16.5 Å². The van der Waals surface area contributed by atoms with E-state index in [-0.39, 0.29) is 16.8 Å². The molecule has 1 amide bonds. The minimum atomic E-state index is -3.73. The van der Waals surface area contributed by atoms with Crippen LogP contribution in [0.15, 0.2) is 53.4 Å². The number of primary sulfonamides is 1. The summed E-state index contributed by atoms with van der Waals surface area (Å²) in [5.74, 6) is -0.310. The Morgan fingerprint density at radius 3 is 2.50 bits per heavy atom. The highest BCUT2D eigenvalue weighted by Gasteiger charge is 2.17. The van der Waals surface area contributed by atoms with Crippen molar-refractivity contribution in [1.29, 1.82) is 0 Å². The molecule has 24 heavy (non-hydrogen) atoms. The molecule has 124 valence electrons. The van der Waals surface area contributed by atoms with Crippen molar-refractivity contribution in [2.75, 3.05) is 0 Å². The van der Waals surface area contributed by atoms with Gasteiger partial charge in [-0.1, -0.05) is 30.3 Å². The van der Waals surface area contributed by atoms with Crippen LogP contribution in [0.5, 0.6) is 0 Å². The van der Waals surface area contributed by atoms with Gasteiger partial charge in [-0.2, -0.15) is 5.10 Å². The number of benzene rings is 2. The van der Waals surface area contributed by atoms with E-state index in [1.165, 1.54) is 12.1 Å². The number of H-pyrrole nitrogens is 1. The van der Waals surface area contributed by atoms with Crippen molar-refractivity contribution in [2.24, 2.45) is 5.14 Å². The van der Waals surface area contributed by atoms with Gasteiger partial charge in [-0.05, 0) is 30.7 Å². The van der Waals surface area contributed by atoms with E-state index in [1.807, 2.05) is 24.3 Å². The average Bonchev–Trinajstić information content (AvgIpc) is 2.98. The lowest BCUT2D eigenvalue weighted by Gasteiger charge is -2.14. The minimum absolute atomic E-state index is 0.0306. The molecule has 7 nitrogen and oxygen atoms in total. The first-order chi connectivity index (χ1) is 11.4. The fourth-order valence-electron chi connectivity index (χ4n) is 2.43. The van der Waals surface area contributed by atoms with Gasteiger partial charge in [0, 0.05) is 5.39 Å². The van der Waals surface area contributed by atoms with Gasteiger partial charge in [0.05, 0.1) is 16.5 Å². The second-order valence-electron chi connectivity index (χ2n) is 5.43. The number of aromatic nitrogens is 2. The quantitative estimate of drug-likeness (QED) is 0.667. The van der Waals surface area contributed by atoms with Gasteiger partial charge in [-0.15, -0.1) is 0 Å². The second-order valence-corrected chi connectivity index (χ2v) is 6.99. The van der Waals surface area contributed by atoms with Crippen molar-refractivity contribution >= 4 is 26.8 Å². The van der Waals surface area contributed by atoms with Gasteiger partial charge in [-0.25, -0.2) is 13.6 Å². The summed E-state index contributed by atoms with van der Waals surface area (Å²) in [5, 5.41) is 15.5. The van der Waals surface area contributed by atoms with Gasteiger partial charge in [0.15, 0.2) is 5.69 Å². The van der Waals surface area contributed by atoms with Crippen molar-refractivity contribution in [3.8, 4) is 0 Å². The molecule has 0 radical (unpaired) electrons. The highest BCUT2D eigenvalue weighted by molar-refractivity contribution is 7.89. The summed E-state index contributed by atoms with van der Waals surface area (Å²) in [5.41, 5.74) is 1.86. The highest BCUT2D eigenvalue weighted by atomic mass is 32.2. The number of sulfonamides is 1. The number of nitrogens with two attached hydrogens (primary N) is 1. The van der Waals surface area contributed by atoms with Crippen LogP contribution in [0.25, 0.3) is 10.9 Å².